The maximum Gasteiger partial charge on any atom is 0.246 e. The van der Waals surface area contributed by atoms with Crippen LogP contribution < -0.4 is 0 Å². The third-order valence-electron chi connectivity index (χ3n) is 6.72. The Morgan fingerprint density at radius 2 is 1.66 bits per heavy atom. The standard InChI is InChI=1S/C21H30ClN3O3S/c1-15-4-6-17(7-5-15)25(18-8-9-18)21(26)16-10-13-24(14-11-16)29(27,28)19-3-2-12-23-20(19)22/h2-3,12,15-18H,4-11,13-14H2,1H3. The summed E-state index contributed by atoms with van der Waals surface area (Å²) in [6.45, 7) is 3.00. The summed E-state index contributed by atoms with van der Waals surface area (Å²) in [6, 6.07) is 3.85. The van der Waals surface area contributed by atoms with Crippen LogP contribution in [-0.2, 0) is 14.8 Å². The Morgan fingerprint density at radius 3 is 2.21 bits per heavy atom. The number of sulfonamides is 1. The van der Waals surface area contributed by atoms with E-state index in [4.69, 9.17) is 11.6 Å². The minimum Gasteiger partial charge on any atom is -0.336 e. The molecule has 8 heteroatoms. The van der Waals surface area contributed by atoms with Crippen molar-refractivity contribution in [1.29, 1.82) is 0 Å². The van der Waals surface area contributed by atoms with Crippen molar-refractivity contribution < 1.29 is 13.2 Å². The predicted molar refractivity (Wildman–Crippen MR) is 112 cm³/mol. The van der Waals surface area contributed by atoms with Crippen LogP contribution in [0, 0.1) is 11.8 Å². The van der Waals surface area contributed by atoms with Gasteiger partial charge in [-0.05, 0) is 69.4 Å². The lowest BCUT2D eigenvalue weighted by Crippen LogP contribution is -2.49. The second-order valence-corrected chi connectivity index (χ2v) is 11.1. The Hall–Kier alpha value is -1.18. The van der Waals surface area contributed by atoms with Crippen LogP contribution in [0.3, 0.4) is 0 Å². The predicted octanol–water partition coefficient (Wildman–Crippen LogP) is 3.71. The molecule has 3 fully saturated rings. The number of carbonyl (C=O) groups excluding carboxylic acids is 1. The Bertz CT molecular complexity index is 842. The SMILES string of the molecule is CC1CCC(N(C(=O)C2CCN(S(=O)(=O)c3cccnc3Cl)CC2)C2CC2)CC1. The van der Waals surface area contributed by atoms with Gasteiger partial charge in [-0.15, -0.1) is 0 Å². The van der Waals surface area contributed by atoms with Crippen LogP contribution in [0.1, 0.15) is 58.3 Å². The zero-order valence-corrected chi connectivity index (χ0v) is 18.5. The molecule has 3 aliphatic rings. The second kappa shape index (κ2) is 8.52. The first kappa shape index (κ1) is 21.1. The van der Waals surface area contributed by atoms with Gasteiger partial charge in [-0.3, -0.25) is 4.79 Å². The summed E-state index contributed by atoms with van der Waals surface area (Å²) in [4.78, 5) is 19.5. The fourth-order valence-electron chi connectivity index (χ4n) is 4.79. The molecule has 0 N–H and O–H groups in total. The van der Waals surface area contributed by atoms with Crippen molar-refractivity contribution in [3.63, 3.8) is 0 Å². The molecule has 2 aliphatic carbocycles. The largest absolute Gasteiger partial charge is 0.336 e. The van der Waals surface area contributed by atoms with Crippen molar-refractivity contribution >= 4 is 27.5 Å². The van der Waals surface area contributed by atoms with Gasteiger partial charge >= 0.3 is 0 Å². The lowest BCUT2D eigenvalue weighted by Gasteiger charge is -2.40. The smallest absolute Gasteiger partial charge is 0.246 e. The minimum absolute atomic E-state index is 0.00265. The van der Waals surface area contributed by atoms with Crippen LogP contribution in [0.2, 0.25) is 5.15 Å². The van der Waals surface area contributed by atoms with Gasteiger partial charge < -0.3 is 4.90 Å². The average molecular weight is 440 g/mol. The molecule has 0 aromatic carbocycles. The second-order valence-electron chi connectivity index (χ2n) is 8.86. The molecule has 1 amide bonds. The molecule has 1 aliphatic heterocycles. The Labute approximate surface area is 178 Å². The summed E-state index contributed by atoms with van der Waals surface area (Å²) in [6.07, 6.45) is 9.46. The first-order chi connectivity index (χ1) is 13.9. The van der Waals surface area contributed by atoms with E-state index in [1.165, 1.54) is 29.4 Å². The fraction of sp³-hybridized carbons (Fsp3) is 0.714. The maximum atomic E-state index is 13.4. The molecule has 29 heavy (non-hydrogen) atoms. The van der Waals surface area contributed by atoms with Crippen LogP contribution in [0.5, 0.6) is 0 Å². The molecule has 1 aromatic rings. The Morgan fingerprint density at radius 1 is 1.07 bits per heavy atom. The summed E-state index contributed by atoms with van der Waals surface area (Å²) in [7, 11) is -3.68. The zero-order chi connectivity index (χ0) is 20.6. The van der Waals surface area contributed by atoms with Crippen molar-refractivity contribution in [1.82, 2.24) is 14.2 Å². The van der Waals surface area contributed by atoms with Gasteiger partial charge in [0.2, 0.25) is 15.9 Å². The normalized spacial score (nSPS) is 27.0. The molecule has 0 unspecified atom stereocenters. The highest BCUT2D eigenvalue weighted by Gasteiger charge is 2.42. The molecule has 160 valence electrons. The van der Waals surface area contributed by atoms with E-state index < -0.39 is 10.0 Å². The highest BCUT2D eigenvalue weighted by atomic mass is 35.5. The topological polar surface area (TPSA) is 70.6 Å². The monoisotopic (exact) mass is 439 g/mol. The summed E-state index contributed by atoms with van der Waals surface area (Å²) in [5, 5.41) is -0.00265. The molecule has 4 rings (SSSR count). The van der Waals surface area contributed by atoms with Gasteiger partial charge in [-0.2, -0.15) is 4.31 Å². The highest BCUT2D eigenvalue weighted by molar-refractivity contribution is 7.89. The quantitative estimate of drug-likeness (QED) is 0.656. The average Bonchev–Trinajstić information content (AvgIpc) is 3.55. The number of hydrogen-bond acceptors (Lipinski definition) is 4. The number of pyridine rings is 1. The molecule has 2 saturated carbocycles. The van der Waals surface area contributed by atoms with Crippen LogP contribution in [0.25, 0.3) is 0 Å². The summed E-state index contributed by atoms with van der Waals surface area (Å²) < 4.78 is 27.3. The Kier molecular flexibility index (Phi) is 6.19. The van der Waals surface area contributed by atoms with Crippen LogP contribution >= 0.6 is 11.6 Å². The Balaban J connectivity index is 1.41. The van der Waals surface area contributed by atoms with Crippen molar-refractivity contribution in [2.45, 2.75) is 75.3 Å². The van der Waals surface area contributed by atoms with Gasteiger partial charge in [-0.25, -0.2) is 13.4 Å². The van der Waals surface area contributed by atoms with Gasteiger partial charge in [0.25, 0.3) is 0 Å². The zero-order valence-electron chi connectivity index (χ0n) is 17.0. The van der Waals surface area contributed by atoms with Gasteiger partial charge in [0.15, 0.2) is 0 Å². The lowest BCUT2D eigenvalue weighted by atomic mass is 9.85. The van der Waals surface area contributed by atoms with Gasteiger partial charge in [0.05, 0.1) is 0 Å². The number of nitrogens with zero attached hydrogens (tertiary/aromatic N) is 3. The molecule has 1 saturated heterocycles. The number of rotatable bonds is 5. The molecule has 6 nitrogen and oxygen atoms in total. The number of halogens is 1. The highest BCUT2D eigenvalue weighted by Crippen LogP contribution is 2.38. The third-order valence-corrected chi connectivity index (χ3v) is 9.06. The van der Waals surface area contributed by atoms with E-state index in [-0.39, 0.29) is 21.9 Å². The number of amides is 1. The number of aromatic nitrogens is 1. The lowest BCUT2D eigenvalue weighted by molar-refractivity contribution is -0.140. The van der Waals surface area contributed by atoms with E-state index >= 15 is 0 Å². The summed E-state index contributed by atoms with van der Waals surface area (Å²) >= 11 is 6.01. The van der Waals surface area contributed by atoms with Crippen molar-refractivity contribution in [3.8, 4) is 0 Å². The van der Waals surface area contributed by atoms with Crippen molar-refractivity contribution in [3.05, 3.63) is 23.5 Å². The molecule has 2 heterocycles. The van der Waals surface area contributed by atoms with Gasteiger partial charge in [-0.1, -0.05) is 18.5 Å². The van der Waals surface area contributed by atoms with E-state index in [0.29, 0.717) is 38.0 Å². The van der Waals surface area contributed by atoms with E-state index in [0.717, 1.165) is 31.6 Å². The minimum atomic E-state index is -3.68. The van der Waals surface area contributed by atoms with Crippen LogP contribution in [0.4, 0.5) is 0 Å². The first-order valence-electron chi connectivity index (χ1n) is 10.8. The van der Waals surface area contributed by atoms with Crippen LogP contribution in [-0.4, -0.2) is 53.7 Å². The third kappa shape index (κ3) is 4.47. The fourth-order valence-corrected chi connectivity index (χ4v) is 6.69. The molecule has 1 aromatic heterocycles. The van der Waals surface area contributed by atoms with E-state index in [1.54, 1.807) is 6.07 Å². The molecule has 0 spiro atoms. The molecule has 0 bridgehead atoms. The van der Waals surface area contributed by atoms with E-state index in [2.05, 4.69) is 16.8 Å². The number of piperidine rings is 1. The van der Waals surface area contributed by atoms with Crippen molar-refractivity contribution in [2.75, 3.05) is 13.1 Å². The summed E-state index contributed by atoms with van der Waals surface area (Å²) in [5.74, 6) is 0.935. The van der Waals surface area contributed by atoms with Crippen LogP contribution in [0.15, 0.2) is 23.2 Å². The molecule has 0 atom stereocenters. The van der Waals surface area contributed by atoms with E-state index in [1.807, 2.05) is 0 Å². The molecule has 0 radical (unpaired) electrons. The number of hydrogen-bond donors (Lipinski definition) is 0. The summed E-state index contributed by atoms with van der Waals surface area (Å²) in [5.41, 5.74) is 0. The molecular formula is C21H30ClN3O3S. The molecular weight excluding hydrogens is 410 g/mol. The van der Waals surface area contributed by atoms with Gasteiger partial charge in [0.1, 0.15) is 10.0 Å². The number of carbonyl (C=O) groups is 1. The van der Waals surface area contributed by atoms with Crippen molar-refractivity contribution in [2.24, 2.45) is 11.8 Å². The first-order valence-corrected chi connectivity index (χ1v) is 12.6. The van der Waals surface area contributed by atoms with E-state index in [9.17, 15) is 13.2 Å². The van der Waals surface area contributed by atoms with Gasteiger partial charge in [0, 0.05) is 37.3 Å². The maximum absolute atomic E-state index is 13.4.